The molecule has 7 heteroatoms. The van der Waals surface area contributed by atoms with Crippen LogP contribution in [0.2, 0.25) is 0 Å². The molecule has 1 aromatic carbocycles. The van der Waals surface area contributed by atoms with Crippen molar-refractivity contribution in [3.05, 3.63) is 42.1 Å². The molecule has 0 aliphatic carbocycles. The molecule has 0 saturated heterocycles. The van der Waals surface area contributed by atoms with Gasteiger partial charge in [0.25, 0.3) is 0 Å². The topological polar surface area (TPSA) is 84.1 Å². The van der Waals surface area contributed by atoms with E-state index in [0.717, 1.165) is 16.8 Å². The fourth-order valence-electron chi connectivity index (χ4n) is 1.80. The van der Waals surface area contributed by atoms with Gasteiger partial charge in [0.1, 0.15) is 0 Å². The van der Waals surface area contributed by atoms with Crippen LogP contribution in [-0.4, -0.2) is 37.6 Å². The third kappa shape index (κ3) is 4.96. The van der Waals surface area contributed by atoms with E-state index in [-0.39, 0.29) is 18.9 Å². The first-order valence-electron chi connectivity index (χ1n) is 6.74. The summed E-state index contributed by atoms with van der Waals surface area (Å²) < 4.78 is 31.1. The van der Waals surface area contributed by atoms with Gasteiger partial charge in [-0.1, -0.05) is 24.3 Å². The first-order valence-corrected chi connectivity index (χ1v) is 8.40. The number of aromatic nitrogens is 2. The van der Waals surface area contributed by atoms with Crippen molar-refractivity contribution < 1.29 is 13.2 Å². The highest BCUT2D eigenvalue weighted by atomic mass is 32.2. The predicted octanol–water partition coefficient (Wildman–Crippen LogP) is 1.53. The molecule has 0 radical (unpaired) electrons. The lowest BCUT2D eigenvalue weighted by Crippen LogP contribution is -2.28. The highest BCUT2D eigenvalue weighted by molar-refractivity contribution is 7.89. The van der Waals surface area contributed by atoms with Crippen molar-refractivity contribution in [1.82, 2.24) is 14.9 Å². The van der Waals surface area contributed by atoms with Crippen molar-refractivity contribution in [2.75, 3.05) is 19.0 Å². The van der Waals surface area contributed by atoms with Crippen LogP contribution >= 0.6 is 0 Å². The van der Waals surface area contributed by atoms with Gasteiger partial charge in [0.15, 0.2) is 0 Å². The van der Waals surface area contributed by atoms with Gasteiger partial charge in [0, 0.05) is 19.3 Å². The second-order valence-electron chi connectivity index (χ2n) is 4.50. The van der Waals surface area contributed by atoms with Gasteiger partial charge in [-0.05, 0) is 24.1 Å². The van der Waals surface area contributed by atoms with Gasteiger partial charge < -0.3 is 4.74 Å². The quantitative estimate of drug-likeness (QED) is 0.724. The normalized spacial score (nSPS) is 11.7. The van der Waals surface area contributed by atoms with E-state index < -0.39 is 10.0 Å². The molecule has 0 saturated carbocycles. The van der Waals surface area contributed by atoms with E-state index in [4.69, 9.17) is 4.74 Å². The van der Waals surface area contributed by atoms with Gasteiger partial charge >= 0.3 is 0 Å². The number of hydrogen-bond donors (Lipinski definition) is 2. The summed E-state index contributed by atoms with van der Waals surface area (Å²) in [6.07, 6.45) is 1.69. The number of nitrogens with zero attached hydrogens (tertiary/aromatic N) is 1. The van der Waals surface area contributed by atoms with E-state index in [2.05, 4.69) is 14.9 Å². The number of nitrogens with one attached hydrogen (secondary N) is 2. The maximum Gasteiger partial charge on any atom is 0.214 e. The number of benzene rings is 1. The minimum absolute atomic E-state index is 0.0208. The third-order valence-corrected chi connectivity index (χ3v) is 4.25. The van der Waals surface area contributed by atoms with Crippen LogP contribution in [0.3, 0.4) is 0 Å². The molecule has 0 amide bonds. The Bertz CT molecular complexity index is 637. The Hall–Kier alpha value is -1.70. The van der Waals surface area contributed by atoms with Crippen molar-refractivity contribution in [2.24, 2.45) is 0 Å². The Balaban J connectivity index is 1.89. The van der Waals surface area contributed by atoms with E-state index in [1.807, 2.05) is 37.3 Å². The second-order valence-corrected chi connectivity index (χ2v) is 6.43. The van der Waals surface area contributed by atoms with E-state index in [0.29, 0.717) is 6.61 Å². The number of ether oxygens (including phenoxy) is 1. The van der Waals surface area contributed by atoms with Gasteiger partial charge in [-0.25, -0.2) is 13.1 Å². The molecule has 0 aliphatic heterocycles. The number of aromatic amines is 1. The summed E-state index contributed by atoms with van der Waals surface area (Å²) in [4.78, 5) is 0. The summed E-state index contributed by atoms with van der Waals surface area (Å²) in [5.41, 5.74) is 2.84. The zero-order valence-corrected chi connectivity index (χ0v) is 12.7. The van der Waals surface area contributed by atoms with E-state index in [9.17, 15) is 8.42 Å². The van der Waals surface area contributed by atoms with Crippen LogP contribution in [0.1, 0.15) is 12.5 Å². The monoisotopic (exact) mass is 309 g/mol. The van der Waals surface area contributed by atoms with Crippen molar-refractivity contribution in [1.29, 1.82) is 0 Å². The summed E-state index contributed by atoms with van der Waals surface area (Å²) in [7, 11) is -3.30. The summed E-state index contributed by atoms with van der Waals surface area (Å²) in [6, 6.07) is 9.52. The molecule has 0 atom stereocenters. The zero-order valence-electron chi connectivity index (χ0n) is 11.9. The molecule has 0 unspecified atom stereocenters. The average Bonchev–Trinajstić information content (AvgIpc) is 3.00. The number of hydrogen-bond acceptors (Lipinski definition) is 4. The molecule has 0 fully saturated rings. The number of rotatable bonds is 8. The lowest BCUT2D eigenvalue weighted by atomic mass is 10.1. The second kappa shape index (κ2) is 7.35. The van der Waals surface area contributed by atoms with Gasteiger partial charge in [0.2, 0.25) is 10.0 Å². The standard InChI is InChI=1S/C14H19N3O3S/c1-2-20-9-10-21(18,19)16-11-12-3-5-13(6-4-12)14-7-8-15-17-14/h3-8,16H,2,9-11H2,1H3,(H,15,17). The molecule has 0 bridgehead atoms. The summed E-state index contributed by atoms with van der Waals surface area (Å²) in [5, 5.41) is 6.78. The van der Waals surface area contributed by atoms with E-state index >= 15 is 0 Å². The van der Waals surface area contributed by atoms with Gasteiger partial charge in [-0.2, -0.15) is 5.10 Å². The van der Waals surface area contributed by atoms with Crippen LogP contribution < -0.4 is 4.72 Å². The van der Waals surface area contributed by atoms with Crippen LogP contribution in [0.5, 0.6) is 0 Å². The molecule has 2 aromatic rings. The Labute approximate surface area is 124 Å². The molecule has 0 spiro atoms. The molecule has 21 heavy (non-hydrogen) atoms. The first-order chi connectivity index (χ1) is 10.1. The molecule has 2 rings (SSSR count). The largest absolute Gasteiger partial charge is 0.381 e. The number of sulfonamides is 1. The predicted molar refractivity (Wildman–Crippen MR) is 81.1 cm³/mol. The fourth-order valence-corrected chi connectivity index (χ4v) is 2.67. The first kappa shape index (κ1) is 15.7. The Morgan fingerprint density at radius 1 is 1.24 bits per heavy atom. The summed E-state index contributed by atoms with van der Waals surface area (Å²) in [6.45, 7) is 2.84. The van der Waals surface area contributed by atoms with Gasteiger partial charge in [-0.3, -0.25) is 5.10 Å². The fraction of sp³-hybridized carbons (Fsp3) is 0.357. The van der Waals surface area contributed by atoms with Crippen LogP contribution in [-0.2, 0) is 21.3 Å². The Morgan fingerprint density at radius 3 is 2.62 bits per heavy atom. The van der Waals surface area contributed by atoms with E-state index in [1.165, 1.54) is 0 Å². The smallest absolute Gasteiger partial charge is 0.214 e. The summed E-state index contributed by atoms with van der Waals surface area (Å²) >= 11 is 0. The van der Waals surface area contributed by atoms with Crippen molar-refractivity contribution in [2.45, 2.75) is 13.5 Å². The highest BCUT2D eigenvalue weighted by Gasteiger charge is 2.09. The molecule has 6 nitrogen and oxygen atoms in total. The lowest BCUT2D eigenvalue weighted by molar-refractivity contribution is 0.163. The number of H-pyrrole nitrogens is 1. The molecule has 1 aromatic heterocycles. The van der Waals surface area contributed by atoms with Crippen LogP contribution in [0.15, 0.2) is 36.5 Å². The van der Waals surface area contributed by atoms with E-state index in [1.54, 1.807) is 6.20 Å². The average molecular weight is 309 g/mol. The maximum atomic E-state index is 11.7. The van der Waals surface area contributed by atoms with Crippen LogP contribution in [0.4, 0.5) is 0 Å². The highest BCUT2D eigenvalue weighted by Crippen LogP contribution is 2.16. The Kier molecular flexibility index (Phi) is 5.49. The van der Waals surface area contributed by atoms with Gasteiger partial charge in [0.05, 0.1) is 18.1 Å². The van der Waals surface area contributed by atoms with Gasteiger partial charge in [-0.15, -0.1) is 0 Å². The Morgan fingerprint density at radius 2 is 2.00 bits per heavy atom. The van der Waals surface area contributed by atoms with Crippen molar-refractivity contribution in [3.8, 4) is 11.3 Å². The molecule has 2 N–H and O–H groups in total. The van der Waals surface area contributed by atoms with Crippen LogP contribution in [0.25, 0.3) is 11.3 Å². The lowest BCUT2D eigenvalue weighted by Gasteiger charge is -2.07. The summed E-state index contributed by atoms with van der Waals surface area (Å²) in [5.74, 6) is -0.0208. The minimum atomic E-state index is -3.30. The van der Waals surface area contributed by atoms with Crippen LogP contribution in [0, 0.1) is 0 Å². The zero-order chi connectivity index (χ0) is 15.1. The molecule has 0 aliphatic rings. The third-order valence-electron chi connectivity index (χ3n) is 2.96. The molecular formula is C14H19N3O3S. The molecule has 114 valence electrons. The maximum absolute atomic E-state index is 11.7. The SMILES string of the molecule is CCOCCS(=O)(=O)NCc1ccc(-c2ccn[nH]2)cc1. The molecular weight excluding hydrogens is 290 g/mol. The molecule has 1 heterocycles. The van der Waals surface area contributed by atoms with Crippen molar-refractivity contribution in [3.63, 3.8) is 0 Å². The van der Waals surface area contributed by atoms with Crippen molar-refractivity contribution >= 4 is 10.0 Å². The minimum Gasteiger partial charge on any atom is -0.381 e.